The molecule has 3 nitrogen and oxygen atoms in total. The summed E-state index contributed by atoms with van der Waals surface area (Å²) in [5.41, 5.74) is 0.597. The van der Waals surface area contributed by atoms with E-state index in [1.165, 1.54) is 0 Å². The monoisotopic (exact) mass is 327 g/mol. The summed E-state index contributed by atoms with van der Waals surface area (Å²) in [4.78, 5) is 0. The Morgan fingerprint density at radius 1 is 1.42 bits per heavy atom. The van der Waals surface area contributed by atoms with E-state index in [2.05, 4.69) is 21.2 Å². The molecule has 2 rings (SSSR count). The van der Waals surface area contributed by atoms with Crippen LogP contribution in [-0.4, -0.2) is 30.9 Å². The fraction of sp³-hybridized carbons (Fsp3) is 0.600. The van der Waals surface area contributed by atoms with Crippen molar-refractivity contribution in [3.63, 3.8) is 0 Å². The van der Waals surface area contributed by atoms with Gasteiger partial charge in [-0.05, 0) is 66.4 Å². The van der Waals surface area contributed by atoms with Crippen molar-refractivity contribution < 1.29 is 9.84 Å². The molecule has 0 amide bonds. The molecule has 0 unspecified atom stereocenters. The van der Waals surface area contributed by atoms with E-state index in [1.54, 1.807) is 7.11 Å². The van der Waals surface area contributed by atoms with Crippen LogP contribution in [0.5, 0.6) is 5.75 Å². The molecule has 4 heteroatoms. The molecule has 0 aliphatic heterocycles. The van der Waals surface area contributed by atoms with Gasteiger partial charge in [0, 0.05) is 12.5 Å². The fourth-order valence-corrected chi connectivity index (χ4v) is 3.41. The number of rotatable bonds is 4. The molecule has 1 aromatic rings. The van der Waals surface area contributed by atoms with Crippen LogP contribution >= 0.6 is 15.9 Å². The minimum Gasteiger partial charge on any atom is -0.496 e. The van der Waals surface area contributed by atoms with Gasteiger partial charge in [-0.3, -0.25) is 0 Å². The van der Waals surface area contributed by atoms with Crippen LogP contribution in [0.3, 0.4) is 0 Å². The molecule has 0 bridgehead atoms. The number of benzene rings is 1. The van der Waals surface area contributed by atoms with Gasteiger partial charge < -0.3 is 15.2 Å². The van der Waals surface area contributed by atoms with Crippen LogP contribution in [-0.2, 0) is 6.42 Å². The topological polar surface area (TPSA) is 41.5 Å². The first-order valence-electron chi connectivity index (χ1n) is 6.78. The van der Waals surface area contributed by atoms with E-state index in [9.17, 15) is 5.11 Å². The molecular weight excluding hydrogens is 306 g/mol. The third kappa shape index (κ3) is 3.71. The second kappa shape index (κ2) is 6.25. The molecule has 1 aliphatic rings. The standard InChI is InChI=1S/C15H22BrNO2/c1-17-12-5-7-15(18,8-6-12)10-11-3-4-14(19-2)13(16)9-11/h3-4,9,12,17-18H,5-8,10H2,1-2H3. The summed E-state index contributed by atoms with van der Waals surface area (Å²) in [6.07, 6.45) is 4.53. The van der Waals surface area contributed by atoms with E-state index in [1.807, 2.05) is 25.2 Å². The Balaban J connectivity index is 2.02. The number of halogens is 1. The highest BCUT2D eigenvalue weighted by atomic mass is 79.9. The van der Waals surface area contributed by atoms with Crippen molar-refractivity contribution in [3.8, 4) is 5.75 Å². The van der Waals surface area contributed by atoms with E-state index < -0.39 is 5.60 Å². The van der Waals surface area contributed by atoms with Gasteiger partial charge in [0.2, 0.25) is 0 Å². The van der Waals surface area contributed by atoms with Gasteiger partial charge in [-0.15, -0.1) is 0 Å². The van der Waals surface area contributed by atoms with E-state index in [0.29, 0.717) is 12.5 Å². The number of hydrogen-bond acceptors (Lipinski definition) is 3. The maximum Gasteiger partial charge on any atom is 0.133 e. The smallest absolute Gasteiger partial charge is 0.133 e. The van der Waals surface area contributed by atoms with Gasteiger partial charge in [-0.25, -0.2) is 0 Å². The second-order valence-corrected chi connectivity index (χ2v) is 6.29. The van der Waals surface area contributed by atoms with Crippen molar-refractivity contribution in [1.82, 2.24) is 5.32 Å². The summed E-state index contributed by atoms with van der Waals surface area (Å²) in [5.74, 6) is 0.828. The summed E-state index contributed by atoms with van der Waals surface area (Å²) < 4.78 is 6.17. The predicted molar refractivity (Wildman–Crippen MR) is 80.7 cm³/mol. The summed E-state index contributed by atoms with van der Waals surface area (Å²) in [6.45, 7) is 0. The number of ether oxygens (including phenoxy) is 1. The van der Waals surface area contributed by atoms with E-state index in [-0.39, 0.29) is 0 Å². The van der Waals surface area contributed by atoms with Crippen LogP contribution in [0, 0.1) is 0 Å². The third-order valence-electron chi connectivity index (χ3n) is 4.07. The van der Waals surface area contributed by atoms with Crippen molar-refractivity contribution in [2.45, 2.75) is 43.7 Å². The zero-order chi connectivity index (χ0) is 13.9. The van der Waals surface area contributed by atoms with Gasteiger partial charge in [0.1, 0.15) is 5.75 Å². The molecule has 1 aliphatic carbocycles. The lowest BCUT2D eigenvalue weighted by Crippen LogP contribution is -2.41. The van der Waals surface area contributed by atoms with Gasteiger partial charge >= 0.3 is 0 Å². The highest BCUT2D eigenvalue weighted by molar-refractivity contribution is 9.10. The minimum atomic E-state index is -0.554. The molecule has 19 heavy (non-hydrogen) atoms. The quantitative estimate of drug-likeness (QED) is 0.893. The first kappa shape index (κ1) is 14.8. The maximum atomic E-state index is 10.7. The van der Waals surface area contributed by atoms with Crippen molar-refractivity contribution in [2.75, 3.05) is 14.2 Å². The Kier molecular flexibility index (Phi) is 4.87. The molecule has 1 saturated carbocycles. The van der Waals surface area contributed by atoms with Gasteiger partial charge in [0.15, 0.2) is 0 Å². The fourth-order valence-electron chi connectivity index (χ4n) is 2.82. The molecular formula is C15H22BrNO2. The number of nitrogens with one attached hydrogen (secondary N) is 1. The largest absolute Gasteiger partial charge is 0.496 e. The molecule has 0 aromatic heterocycles. The van der Waals surface area contributed by atoms with Gasteiger partial charge in [0.05, 0.1) is 17.2 Å². The van der Waals surface area contributed by atoms with Crippen LogP contribution in [0.25, 0.3) is 0 Å². The summed E-state index contributed by atoms with van der Waals surface area (Å²) in [7, 11) is 3.65. The Labute approximate surface area is 123 Å². The Morgan fingerprint density at radius 2 is 2.11 bits per heavy atom. The predicted octanol–water partition coefficient (Wildman–Crippen LogP) is 2.89. The molecule has 0 spiro atoms. The zero-order valence-corrected chi connectivity index (χ0v) is 13.2. The number of aliphatic hydroxyl groups is 1. The molecule has 0 radical (unpaired) electrons. The SMILES string of the molecule is CNC1CCC(O)(Cc2ccc(OC)c(Br)c2)CC1. The first-order valence-corrected chi connectivity index (χ1v) is 7.58. The normalized spacial score (nSPS) is 27.3. The summed E-state index contributed by atoms with van der Waals surface area (Å²) >= 11 is 3.49. The summed E-state index contributed by atoms with van der Waals surface area (Å²) in [6, 6.07) is 6.58. The lowest BCUT2D eigenvalue weighted by Gasteiger charge is -2.36. The van der Waals surface area contributed by atoms with E-state index >= 15 is 0 Å². The van der Waals surface area contributed by atoms with Crippen molar-refractivity contribution in [3.05, 3.63) is 28.2 Å². The van der Waals surface area contributed by atoms with E-state index in [4.69, 9.17) is 4.74 Å². The zero-order valence-electron chi connectivity index (χ0n) is 11.6. The maximum absolute atomic E-state index is 10.7. The molecule has 0 saturated heterocycles. The Morgan fingerprint density at radius 3 is 2.63 bits per heavy atom. The van der Waals surface area contributed by atoms with Crippen LogP contribution in [0.2, 0.25) is 0 Å². The number of hydrogen-bond donors (Lipinski definition) is 2. The molecule has 1 fully saturated rings. The Bertz CT molecular complexity index is 428. The van der Waals surface area contributed by atoms with Gasteiger partial charge in [0.25, 0.3) is 0 Å². The summed E-state index contributed by atoms with van der Waals surface area (Å²) in [5, 5.41) is 14.0. The third-order valence-corrected chi connectivity index (χ3v) is 4.69. The van der Waals surface area contributed by atoms with Crippen molar-refractivity contribution in [1.29, 1.82) is 0 Å². The highest BCUT2D eigenvalue weighted by Gasteiger charge is 2.32. The van der Waals surface area contributed by atoms with Crippen LogP contribution in [0.4, 0.5) is 0 Å². The number of methoxy groups -OCH3 is 1. The molecule has 0 atom stereocenters. The molecule has 2 N–H and O–H groups in total. The average molecular weight is 328 g/mol. The molecule has 106 valence electrons. The van der Waals surface area contributed by atoms with Crippen molar-refractivity contribution in [2.24, 2.45) is 0 Å². The van der Waals surface area contributed by atoms with Crippen LogP contribution < -0.4 is 10.1 Å². The minimum absolute atomic E-state index is 0.554. The Hall–Kier alpha value is -0.580. The average Bonchev–Trinajstić information content (AvgIpc) is 2.39. The first-order chi connectivity index (χ1) is 9.06. The lowest BCUT2D eigenvalue weighted by atomic mass is 9.78. The molecule has 0 heterocycles. The van der Waals surface area contributed by atoms with Gasteiger partial charge in [-0.1, -0.05) is 6.07 Å². The van der Waals surface area contributed by atoms with E-state index in [0.717, 1.165) is 41.5 Å². The lowest BCUT2D eigenvalue weighted by molar-refractivity contribution is -0.00244. The van der Waals surface area contributed by atoms with Crippen molar-refractivity contribution >= 4 is 15.9 Å². The van der Waals surface area contributed by atoms with Crippen LogP contribution in [0.1, 0.15) is 31.2 Å². The van der Waals surface area contributed by atoms with Crippen LogP contribution in [0.15, 0.2) is 22.7 Å². The second-order valence-electron chi connectivity index (χ2n) is 5.43. The molecule has 1 aromatic carbocycles. The highest BCUT2D eigenvalue weighted by Crippen LogP contribution is 2.33. The van der Waals surface area contributed by atoms with Gasteiger partial charge in [-0.2, -0.15) is 0 Å².